The van der Waals surface area contributed by atoms with Gasteiger partial charge in [-0.05, 0) is 19.5 Å². The van der Waals surface area contributed by atoms with Gasteiger partial charge < -0.3 is 10.2 Å². The van der Waals surface area contributed by atoms with Gasteiger partial charge in [0.2, 0.25) is 0 Å². The Morgan fingerprint density at radius 2 is 2.00 bits per heavy atom. The van der Waals surface area contributed by atoms with Crippen LogP contribution in [0.5, 0.6) is 0 Å². The van der Waals surface area contributed by atoms with Crippen LogP contribution in [-0.4, -0.2) is 38.6 Å². The SMILES string of the molecule is CN(C)CC(C)(C)CNCCC#N. The second-order valence-corrected chi connectivity index (χ2v) is 4.49. The molecule has 0 unspecified atom stereocenters. The molecule has 0 amide bonds. The molecule has 0 atom stereocenters. The summed E-state index contributed by atoms with van der Waals surface area (Å²) >= 11 is 0. The van der Waals surface area contributed by atoms with E-state index in [1.54, 1.807) is 0 Å². The van der Waals surface area contributed by atoms with Crippen LogP contribution in [0, 0.1) is 16.7 Å². The molecule has 3 nitrogen and oxygen atoms in total. The van der Waals surface area contributed by atoms with Gasteiger partial charge in [0.1, 0.15) is 0 Å². The van der Waals surface area contributed by atoms with Crippen molar-refractivity contribution >= 4 is 0 Å². The predicted octanol–water partition coefficient (Wildman–Crippen LogP) is 1.08. The Labute approximate surface area is 81.7 Å². The first kappa shape index (κ1) is 12.4. The van der Waals surface area contributed by atoms with E-state index in [1.807, 2.05) is 0 Å². The van der Waals surface area contributed by atoms with E-state index < -0.39 is 0 Å². The Morgan fingerprint density at radius 3 is 2.46 bits per heavy atom. The third-order valence-corrected chi connectivity index (χ3v) is 1.76. The molecule has 0 fully saturated rings. The standard InChI is InChI=1S/C10H21N3/c1-10(2,9-13(3)4)8-12-7-5-6-11/h12H,5,7-9H2,1-4H3. The van der Waals surface area contributed by atoms with E-state index in [9.17, 15) is 0 Å². The minimum Gasteiger partial charge on any atom is -0.315 e. The number of hydrogen-bond acceptors (Lipinski definition) is 3. The number of nitrogens with zero attached hydrogens (tertiary/aromatic N) is 2. The first-order valence-electron chi connectivity index (χ1n) is 4.70. The van der Waals surface area contributed by atoms with Gasteiger partial charge in [0.15, 0.2) is 0 Å². The Kier molecular flexibility index (Phi) is 5.68. The van der Waals surface area contributed by atoms with Gasteiger partial charge in [-0.1, -0.05) is 13.8 Å². The van der Waals surface area contributed by atoms with Crippen molar-refractivity contribution in [3.8, 4) is 6.07 Å². The molecule has 0 aromatic heterocycles. The van der Waals surface area contributed by atoms with E-state index in [4.69, 9.17) is 5.26 Å². The molecule has 0 aromatic carbocycles. The maximum Gasteiger partial charge on any atom is 0.0635 e. The highest BCUT2D eigenvalue weighted by Gasteiger charge is 2.17. The van der Waals surface area contributed by atoms with Crippen LogP contribution >= 0.6 is 0 Å². The number of rotatable bonds is 6. The van der Waals surface area contributed by atoms with E-state index in [2.05, 4.69) is 44.2 Å². The molecule has 0 aliphatic heterocycles. The summed E-state index contributed by atoms with van der Waals surface area (Å²) in [6.07, 6.45) is 0.595. The summed E-state index contributed by atoms with van der Waals surface area (Å²) in [5.74, 6) is 0. The maximum atomic E-state index is 8.34. The first-order valence-corrected chi connectivity index (χ1v) is 4.70. The molecule has 0 saturated heterocycles. The van der Waals surface area contributed by atoms with Gasteiger partial charge in [0, 0.05) is 26.1 Å². The van der Waals surface area contributed by atoms with Crippen LogP contribution in [0.25, 0.3) is 0 Å². The Hall–Kier alpha value is -0.590. The van der Waals surface area contributed by atoms with Crippen molar-refractivity contribution in [3.05, 3.63) is 0 Å². The van der Waals surface area contributed by atoms with Crippen LogP contribution in [0.1, 0.15) is 20.3 Å². The molecule has 0 aromatic rings. The van der Waals surface area contributed by atoms with Gasteiger partial charge in [-0.15, -0.1) is 0 Å². The lowest BCUT2D eigenvalue weighted by atomic mass is 9.93. The van der Waals surface area contributed by atoms with Gasteiger partial charge in [-0.3, -0.25) is 0 Å². The summed E-state index contributed by atoms with van der Waals surface area (Å²) in [5.41, 5.74) is 0.277. The minimum absolute atomic E-state index is 0.277. The fourth-order valence-electron chi connectivity index (χ4n) is 1.48. The molecular formula is C10H21N3. The molecular weight excluding hydrogens is 162 g/mol. The van der Waals surface area contributed by atoms with E-state index >= 15 is 0 Å². The monoisotopic (exact) mass is 183 g/mol. The van der Waals surface area contributed by atoms with Gasteiger partial charge in [-0.2, -0.15) is 5.26 Å². The Morgan fingerprint density at radius 1 is 1.38 bits per heavy atom. The van der Waals surface area contributed by atoms with Crippen LogP contribution in [-0.2, 0) is 0 Å². The molecule has 0 heterocycles. The van der Waals surface area contributed by atoms with E-state index in [0.29, 0.717) is 6.42 Å². The smallest absolute Gasteiger partial charge is 0.0635 e. The van der Waals surface area contributed by atoms with Crippen LogP contribution in [0.3, 0.4) is 0 Å². The lowest BCUT2D eigenvalue weighted by molar-refractivity contribution is 0.233. The molecule has 0 saturated carbocycles. The molecule has 0 aliphatic carbocycles. The zero-order chi connectivity index (χ0) is 10.3. The Balaban J connectivity index is 3.58. The first-order chi connectivity index (χ1) is 5.98. The third-order valence-electron chi connectivity index (χ3n) is 1.76. The second kappa shape index (κ2) is 5.95. The molecule has 13 heavy (non-hydrogen) atoms. The molecule has 76 valence electrons. The predicted molar refractivity (Wildman–Crippen MR) is 55.4 cm³/mol. The van der Waals surface area contributed by atoms with Crippen molar-refractivity contribution in [2.24, 2.45) is 5.41 Å². The highest BCUT2D eigenvalue weighted by atomic mass is 15.1. The number of nitriles is 1. The fourth-order valence-corrected chi connectivity index (χ4v) is 1.48. The molecule has 0 bridgehead atoms. The van der Waals surface area contributed by atoms with Crippen molar-refractivity contribution in [1.29, 1.82) is 5.26 Å². The van der Waals surface area contributed by atoms with Gasteiger partial charge in [0.05, 0.1) is 6.07 Å². The average molecular weight is 183 g/mol. The summed E-state index contributed by atoms with van der Waals surface area (Å²) in [5, 5.41) is 11.6. The molecule has 0 spiro atoms. The summed E-state index contributed by atoms with van der Waals surface area (Å²) in [7, 11) is 4.16. The topological polar surface area (TPSA) is 39.1 Å². The lowest BCUT2D eigenvalue weighted by Gasteiger charge is -2.28. The normalized spacial score (nSPS) is 11.7. The largest absolute Gasteiger partial charge is 0.315 e. The summed E-state index contributed by atoms with van der Waals surface area (Å²) in [6.45, 7) is 7.28. The zero-order valence-corrected chi connectivity index (χ0v) is 9.22. The molecule has 0 radical (unpaired) electrons. The fraction of sp³-hybridized carbons (Fsp3) is 0.900. The van der Waals surface area contributed by atoms with Crippen molar-refractivity contribution in [3.63, 3.8) is 0 Å². The van der Waals surface area contributed by atoms with Crippen LogP contribution in [0.2, 0.25) is 0 Å². The molecule has 3 heteroatoms. The second-order valence-electron chi connectivity index (χ2n) is 4.49. The highest BCUT2D eigenvalue weighted by molar-refractivity contribution is 4.76. The Bertz CT molecular complexity index is 167. The summed E-state index contributed by atoms with van der Waals surface area (Å²) in [4.78, 5) is 2.19. The molecule has 0 aliphatic rings. The quantitative estimate of drug-likeness (QED) is 0.626. The van der Waals surface area contributed by atoms with E-state index in [-0.39, 0.29) is 5.41 Å². The van der Waals surface area contributed by atoms with Crippen LogP contribution in [0.15, 0.2) is 0 Å². The van der Waals surface area contributed by atoms with Crippen molar-refractivity contribution < 1.29 is 0 Å². The number of nitrogens with one attached hydrogen (secondary N) is 1. The molecule has 0 rings (SSSR count). The average Bonchev–Trinajstić information content (AvgIpc) is 1.95. The maximum absolute atomic E-state index is 8.34. The van der Waals surface area contributed by atoms with E-state index in [1.165, 1.54) is 0 Å². The lowest BCUT2D eigenvalue weighted by Crippen LogP contribution is -2.37. The third kappa shape index (κ3) is 7.76. The van der Waals surface area contributed by atoms with Gasteiger partial charge in [0.25, 0.3) is 0 Å². The minimum atomic E-state index is 0.277. The van der Waals surface area contributed by atoms with Crippen molar-refractivity contribution in [1.82, 2.24) is 10.2 Å². The van der Waals surface area contributed by atoms with Crippen LogP contribution < -0.4 is 5.32 Å². The summed E-state index contributed by atoms with van der Waals surface area (Å²) < 4.78 is 0. The highest BCUT2D eigenvalue weighted by Crippen LogP contribution is 2.13. The van der Waals surface area contributed by atoms with Gasteiger partial charge in [-0.25, -0.2) is 0 Å². The van der Waals surface area contributed by atoms with Crippen molar-refractivity contribution in [2.75, 3.05) is 33.7 Å². The van der Waals surface area contributed by atoms with Gasteiger partial charge >= 0.3 is 0 Å². The summed E-state index contributed by atoms with van der Waals surface area (Å²) in [6, 6.07) is 2.12. The van der Waals surface area contributed by atoms with E-state index in [0.717, 1.165) is 19.6 Å². The number of hydrogen-bond donors (Lipinski definition) is 1. The van der Waals surface area contributed by atoms with Crippen LogP contribution in [0.4, 0.5) is 0 Å². The van der Waals surface area contributed by atoms with Crippen molar-refractivity contribution in [2.45, 2.75) is 20.3 Å². The molecule has 1 N–H and O–H groups in total. The zero-order valence-electron chi connectivity index (χ0n) is 9.22.